The van der Waals surface area contributed by atoms with E-state index >= 15 is 0 Å². The molecule has 0 unspecified atom stereocenters. The van der Waals surface area contributed by atoms with Crippen LogP contribution < -0.4 is 5.32 Å². The minimum atomic E-state index is -3.01. The topological polar surface area (TPSA) is 89.5 Å². The van der Waals surface area contributed by atoms with E-state index < -0.39 is 21.9 Å². The lowest BCUT2D eigenvalue weighted by atomic mass is 10.1. The van der Waals surface area contributed by atoms with E-state index in [-0.39, 0.29) is 28.7 Å². The zero-order valence-electron chi connectivity index (χ0n) is 16.3. The Bertz CT molecular complexity index is 1030. The van der Waals surface area contributed by atoms with Crippen LogP contribution in [0.3, 0.4) is 0 Å². The predicted molar refractivity (Wildman–Crippen MR) is 115 cm³/mol. The summed E-state index contributed by atoms with van der Waals surface area (Å²) in [7, 11) is -3.01. The van der Waals surface area contributed by atoms with E-state index in [1.807, 2.05) is 6.07 Å². The number of esters is 1. The third-order valence-electron chi connectivity index (χ3n) is 5.08. The first-order valence-electron chi connectivity index (χ1n) is 9.94. The van der Waals surface area contributed by atoms with Gasteiger partial charge < -0.3 is 10.1 Å². The fraction of sp³-hybridized carbons (Fsp3) is 0.364. The summed E-state index contributed by atoms with van der Waals surface area (Å²) in [6.45, 7) is 0. The highest BCUT2D eigenvalue weighted by molar-refractivity contribution is 8.02. The van der Waals surface area contributed by atoms with E-state index in [0.29, 0.717) is 22.4 Å². The molecule has 0 spiro atoms. The SMILES string of the molecule is O=C(O[C@@H](C(=O)NC1CC1)c1ccccc1)c1ccccc1S[C@H]1CCS(=O)(=O)C1. The van der Waals surface area contributed by atoms with Crippen LogP contribution in [0.5, 0.6) is 0 Å². The number of benzene rings is 2. The van der Waals surface area contributed by atoms with Gasteiger partial charge in [0.1, 0.15) is 0 Å². The zero-order valence-corrected chi connectivity index (χ0v) is 18.0. The molecule has 2 aliphatic rings. The molecule has 1 aliphatic heterocycles. The highest BCUT2D eigenvalue weighted by Crippen LogP contribution is 2.34. The molecule has 30 heavy (non-hydrogen) atoms. The normalized spacial score (nSPS) is 21.0. The van der Waals surface area contributed by atoms with Crippen LogP contribution in [0.25, 0.3) is 0 Å². The first-order chi connectivity index (χ1) is 14.4. The van der Waals surface area contributed by atoms with Crippen LogP contribution in [-0.2, 0) is 19.4 Å². The average molecular weight is 446 g/mol. The van der Waals surface area contributed by atoms with Gasteiger partial charge in [-0.1, -0.05) is 42.5 Å². The van der Waals surface area contributed by atoms with E-state index in [9.17, 15) is 18.0 Å². The van der Waals surface area contributed by atoms with Gasteiger partial charge in [0, 0.05) is 21.8 Å². The fourth-order valence-corrected chi connectivity index (χ4v) is 6.96. The Hall–Kier alpha value is -2.32. The van der Waals surface area contributed by atoms with Gasteiger partial charge in [-0.25, -0.2) is 13.2 Å². The Labute approximate surface area is 180 Å². The molecular weight excluding hydrogens is 422 g/mol. The number of carbonyl (C=O) groups is 2. The van der Waals surface area contributed by atoms with E-state index in [0.717, 1.165) is 12.8 Å². The molecule has 6 nitrogen and oxygen atoms in total. The Morgan fingerprint density at radius 1 is 1.00 bits per heavy atom. The smallest absolute Gasteiger partial charge is 0.340 e. The predicted octanol–water partition coefficient (Wildman–Crippen LogP) is 3.14. The maximum absolute atomic E-state index is 13.0. The van der Waals surface area contributed by atoms with E-state index in [2.05, 4.69) is 5.32 Å². The number of thioether (sulfide) groups is 1. The van der Waals surface area contributed by atoms with Crippen LogP contribution >= 0.6 is 11.8 Å². The number of carbonyl (C=O) groups excluding carboxylic acids is 2. The second kappa shape index (κ2) is 8.81. The summed E-state index contributed by atoms with van der Waals surface area (Å²) in [5.74, 6) is -0.644. The van der Waals surface area contributed by atoms with Gasteiger partial charge in [-0.2, -0.15) is 0 Å². The van der Waals surface area contributed by atoms with Gasteiger partial charge in [0.15, 0.2) is 9.84 Å². The molecule has 1 saturated heterocycles. The van der Waals surface area contributed by atoms with Crippen LogP contribution in [0.1, 0.15) is 41.3 Å². The molecule has 1 N–H and O–H groups in total. The van der Waals surface area contributed by atoms with Crippen molar-refractivity contribution in [3.8, 4) is 0 Å². The molecule has 1 aliphatic carbocycles. The van der Waals surface area contributed by atoms with E-state index in [4.69, 9.17) is 4.74 Å². The molecule has 2 fully saturated rings. The molecule has 1 amide bonds. The van der Waals surface area contributed by atoms with Crippen molar-refractivity contribution in [3.05, 3.63) is 65.7 Å². The standard InChI is InChI=1S/C22H23NO5S2/c24-21(23-16-10-11-16)20(15-6-2-1-3-7-15)28-22(25)18-8-4-5-9-19(18)29-17-12-13-30(26,27)14-17/h1-9,16-17,20H,10-14H2,(H,23,24)/t17-,20+/m0/s1. The third-order valence-corrected chi connectivity index (χ3v) is 8.40. The molecule has 1 heterocycles. The van der Waals surface area contributed by atoms with Crippen molar-refractivity contribution >= 4 is 33.5 Å². The highest BCUT2D eigenvalue weighted by atomic mass is 32.2. The van der Waals surface area contributed by atoms with E-state index in [1.165, 1.54) is 11.8 Å². The Morgan fingerprint density at radius 2 is 1.70 bits per heavy atom. The van der Waals surface area contributed by atoms with Crippen LogP contribution in [-0.4, -0.2) is 43.1 Å². The van der Waals surface area contributed by atoms with Crippen molar-refractivity contribution in [3.63, 3.8) is 0 Å². The summed E-state index contributed by atoms with van der Waals surface area (Å²) >= 11 is 1.38. The number of amides is 1. The number of nitrogens with one attached hydrogen (secondary N) is 1. The molecular formula is C22H23NO5S2. The van der Waals surface area contributed by atoms with Crippen molar-refractivity contribution in [2.75, 3.05) is 11.5 Å². The van der Waals surface area contributed by atoms with Gasteiger partial charge in [0.2, 0.25) is 6.10 Å². The Kier molecular flexibility index (Phi) is 6.15. The van der Waals surface area contributed by atoms with Gasteiger partial charge in [-0.3, -0.25) is 4.79 Å². The minimum absolute atomic E-state index is 0.0907. The van der Waals surface area contributed by atoms with Crippen molar-refractivity contribution in [2.45, 2.75) is 41.6 Å². The molecule has 2 aromatic rings. The molecule has 1 saturated carbocycles. The van der Waals surface area contributed by atoms with Crippen LogP contribution in [0, 0.1) is 0 Å². The lowest BCUT2D eigenvalue weighted by Crippen LogP contribution is -2.33. The summed E-state index contributed by atoms with van der Waals surface area (Å²) in [4.78, 5) is 26.4. The largest absolute Gasteiger partial charge is 0.444 e. The van der Waals surface area contributed by atoms with E-state index in [1.54, 1.807) is 48.5 Å². The molecule has 158 valence electrons. The lowest BCUT2D eigenvalue weighted by molar-refractivity contribution is -0.130. The monoisotopic (exact) mass is 445 g/mol. The Morgan fingerprint density at radius 3 is 2.37 bits per heavy atom. The van der Waals surface area contributed by atoms with Crippen LogP contribution in [0.15, 0.2) is 59.5 Å². The molecule has 4 rings (SSSR count). The second-order valence-corrected chi connectivity index (χ2v) is 11.2. The van der Waals surface area contributed by atoms with Gasteiger partial charge in [0.25, 0.3) is 5.91 Å². The molecule has 0 bridgehead atoms. The molecule has 0 aromatic heterocycles. The Balaban J connectivity index is 1.53. The lowest BCUT2D eigenvalue weighted by Gasteiger charge is -2.19. The summed E-state index contributed by atoms with van der Waals surface area (Å²) < 4.78 is 29.2. The number of sulfone groups is 1. The average Bonchev–Trinajstić information content (AvgIpc) is 3.48. The van der Waals surface area contributed by atoms with Crippen LogP contribution in [0.2, 0.25) is 0 Å². The number of hydrogen-bond donors (Lipinski definition) is 1. The number of ether oxygens (including phenoxy) is 1. The molecule has 2 aromatic carbocycles. The maximum atomic E-state index is 13.0. The first-order valence-corrected chi connectivity index (χ1v) is 12.6. The van der Waals surface area contributed by atoms with Crippen molar-refractivity contribution < 1.29 is 22.7 Å². The summed E-state index contributed by atoms with van der Waals surface area (Å²) in [5, 5.41) is 2.81. The summed E-state index contributed by atoms with van der Waals surface area (Å²) in [6.07, 6.45) is 1.40. The zero-order chi connectivity index (χ0) is 21.1. The first kappa shape index (κ1) is 20.9. The molecule has 8 heteroatoms. The van der Waals surface area contributed by atoms with Crippen molar-refractivity contribution in [2.24, 2.45) is 0 Å². The summed E-state index contributed by atoms with van der Waals surface area (Å²) in [6, 6.07) is 16.1. The third kappa shape index (κ3) is 5.23. The van der Waals surface area contributed by atoms with Crippen molar-refractivity contribution in [1.29, 1.82) is 0 Å². The number of hydrogen-bond acceptors (Lipinski definition) is 6. The second-order valence-electron chi connectivity index (χ2n) is 7.62. The van der Waals surface area contributed by atoms with Crippen molar-refractivity contribution in [1.82, 2.24) is 5.32 Å². The maximum Gasteiger partial charge on any atom is 0.340 e. The quantitative estimate of drug-likeness (QED) is 0.659. The van der Waals surface area contributed by atoms with Gasteiger partial charge >= 0.3 is 5.97 Å². The van der Waals surface area contributed by atoms with Gasteiger partial charge in [0.05, 0.1) is 17.1 Å². The minimum Gasteiger partial charge on any atom is -0.444 e. The van der Waals surface area contributed by atoms with Gasteiger partial charge in [-0.05, 0) is 31.4 Å². The highest BCUT2D eigenvalue weighted by Gasteiger charge is 2.33. The molecule has 0 radical (unpaired) electrons. The fourth-order valence-electron chi connectivity index (χ4n) is 3.35. The van der Waals surface area contributed by atoms with Crippen LogP contribution in [0.4, 0.5) is 0 Å². The number of rotatable bonds is 7. The van der Waals surface area contributed by atoms with Gasteiger partial charge in [-0.15, -0.1) is 11.8 Å². The molecule has 2 atom stereocenters. The summed E-state index contributed by atoms with van der Waals surface area (Å²) in [5.41, 5.74) is 0.947.